The summed E-state index contributed by atoms with van der Waals surface area (Å²) in [5.41, 5.74) is 0. The molecule has 2 saturated heterocycles. The highest BCUT2D eigenvalue weighted by Crippen LogP contribution is 2.17. The van der Waals surface area contributed by atoms with Gasteiger partial charge in [0, 0.05) is 32.2 Å². The summed E-state index contributed by atoms with van der Waals surface area (Å²) in [7, 11) is 0. The summed E-state index contributed by atoms with van der Waals surface area (Å²) in [6, 6.07) is 0.749. The van der Waals surface area contributed by atoms with Crippen LogP contribution in [0.25, 0.3) is 0 Å². The number of nitrogens with one attached hydrogen (secondary N) is 2. The van der Waals surface area contributed by atoms with E-state index in [0.717, 1.165) is 17.9 Å². The molecule has 0 aromatic heterocycles. The molecule has 88 valence electrons. The summed E-state index contributed by atoms with van der Waals surface area (Å²) in [5, 5.41) is 6.98. The van der Waals surface area contributed by atoms with Crippen molar-refractivity contribution < 1.29 is 0 Å². The van der Waals surface area contributed by atoms with Gasteiger partial charge in [0.1, 0.15) is 0 Å². The lowest BCUT2D eigenvalue weighted by atomic mass is 9.98. The van der Waals surface area contributed by atoms with Crippen molar-refractivity contribution in [2.24, 2.45) is 11.8 Å². The highest BCUT2D eigenvalue weighted by molar-refractivity contribution is 4.85. The summed E-state index contributed by atoms with van der Waals surface area (Å²) < 4.78 is 0. The lowest BCUT2D eigenvalue weighted by molar-refractivity contribution is 0.108. The van der Waals surface area contributed by atoms with Crippen LogP contribution in [0.2, 0.25) is 0 Å². The minimum absolute atomic E-state index is 0.749. The van der Waals surface area contributed by atoms with E-state index in [1.165, 1.54) is 45.7 Å². The lowest BCUT2D eigenvalue weighted by Crippen LogP contribution is -2.54. The Kier molecular flexibility index (Phi) is 4.00. The first-order valence-electron chi connectivity index (χ1n) is 6.43. The predicted octanol–water partition coefficient (Wildman–Crippen LogP) is 0.526. The maximum absolute atomic E-state index is 3.51. The molecule has 0 saturated carbocycles. The van der Waals surface area contributed by atoms with Gasteiger partial charge in [-0.2, -0.15) is 0 Å². The van der Waals surface area contributed by atoms with Gasteiger partial charge in [0.05, 0.1) is 0 Å². The van der Waals surface area contributed by atoms with Crippen LogP contribution in [0.3, 0.4) is 0 Å². The molecule has 2 rings (SSSR count). The maximum atomic E-state index is 3.51. The highest BCUT2D eigenvalue weighted by Gasteiger charge is 2.27. The van der Waals surface area contributed by atoms with Crippen LogP contribution in [0.15, 0.2) is 0 Å². The Morgan fingerprint density at radius 2 is 2.00 bits per heavy atom. The SMILES string of the molecule is CC(C)C1CNCCN1CC1CCNC1. The van der Waals surface area contributed by atoms with Crippen molar-refractivity contribution in [2.45, 2.75) is 26.3 Å². The van der Waals surface area contributed by atoms with E-state index in [2.05, 4.69) is 29.4 Å². The maximum Gasteiger partial charge on any atom is 0.0244 e. The van der Waals surface area contributed by atoms with E-state index in [9.17, 15) is 0 Å². The van der Waals surface area contributed by atoms with E-state index in [4.69, 9.17) is 0 Å². The minimum atomic E-state index is 0.749. The zero-order valence-corrected chi connectivity index (χ0v) is 10.1. The third kappa shape index (κ3) is 2.92. The number of rotatable bonds is 3. The van der Waals surface area contributed by atoms with Gasteiger partial charge in [-0.05, 0) is 31.3 Å². The highest BCUT2D eigenvalue weighted by atomic mass is 15.2. The molecule has 0 aromatic rings. The fourth-order valence-electron chi connectivity index (χ4n) is 2.85. The van der Waals surface area contributed by atoms with Crippen LogP contribution in [0, 0.1) is 11.8 Å². The van der Waals surface area contributed by atoms with E-state index in [0.29, 0.717) is 0 Å². The Morgan fingerprint density at radius 1 is 1.20 bits per heavy atom. The molecular formula is C12H25N3. The second kappa shape index (κ2) is 5.28. The van der Waals surface area contributed by atoms with Crippen LogP contribution in [-0.2, 0) is 0 Å². The molecule has 3 nitrogen and oxygen atoms in total. The molecule has 3 heteroatoms. The summed E-state index contributed by atoms with van der Waals surface area (Å²) in [6.07, 6.45) is 1.37. The molecule has 2 unspecified atom stereocenters. The topological polar surface area (TPSA) is 27.3 Å². The molecule has 0 amide bonds. The van der Waals surface area contributed by atoms with Gasteiger partial charge in [-0.15, -0.1) is 0 Å². The second-order valence-corrected chi connectivity index (χ2v) is 5.37. The first-order chi connectivity index (χ1) is 7.27. The fourth-order valence-corrected chi connectivity index (χ4v) is 2.85. The van der Waals surface area contributed by atoms with Crippen molar-refractivity contribution in [3.63, 3.8) is 0 Å². The van der Waals surface area contributed by atoms with Crippen LogP contribution >= 0.6 is 0 Å². The number of hydrogen-bond acceptors (Lipinski definition) is 3. The Hall–Kier alpha value is -0.120. The quantitative estimate of drug-likeness (QED) is 0.713. The Labute approximate surface area is 93.6 Å². The van der Waals surface area contributed by atoms with Gasteiger partial charge in [-0.1, -0.05) is 13.8 Å². The third-order valence-corrected chi connectivity index (χ3v) is 3.82. The number of piperazine rings is 1. The first-order valence-corrected chi connectivity index (χ1v) is 6.43. The summed E-state index contributed by atoms with van der Waals surface area (Å²) in [6.45, 7) is 12.0. The number of nitrogens with zero attached hydrogens (tertiary/aromatic N) is 1. The van der Waals surface area contributed by atoms with Crippen LogP contribution in [0.5, 0.6) is 0 Å². The molecule has 0 spiro atoms. The predicted molar refractivity (Wildman–Crippen MR) is 64.0 cm³/mol. The normalized spacial score (nSPS) is 33.8. The van der Waals surface area contributed by atoms with Crippen molar-refractivity contribution in [2.75, 3.05) is 39.3 Å². The van der Waals surface area contributed by atoms with Gasteiger partial charge in [0.15, 0.2) is 0 Å². The smallest absolute Gasteiger partial charge is 0.0244 e. The van der Waals surface area contributed by atoms with Gasteiger partial charge >= 0.3 is 0 Å². The molecule has 2 N–H and O–H groups in total. The molecule has 0 radical (unpaired) electrons. The average molecular weight is 211 g/mol. The zero-order valence-electron chi connectivity index (χ0n) is 10.1. The summed E-state index contributed by atoms with van der Waals surface area (Å²) in [4.78, 5) is 2.71. The van der Waals surface area contributed by atoms with Crippen molar-refractivity contribution in [3.05, 3.63) is 0 Å². The monoisotopic (exact) mass is 211 g/mol. The molecule has 0 aliphatic carbocycles. The molecule has 2 aliphatic rings. The molecule has 2 aliphatic heterocycles. The van der Waals surface area contributed by atoms with Crippen molar-refractivity contribution in [1.29, 1.82) is 0 Å². The Bertz CT molecular complexity index is 187. The first kappa shape index (κ1) is 11.4. The molecule has 15 heavy (non-hydrogen) atoms. The molecule has 2 atom stereocenters. The van der Waals surface area contributed by atoms with E-state index in [-0.39, 0.29) is 0 Å². The van der Waals surface area contributed by atoms with Crippen molar-refractivity contribution in [3.8, 4) is 0 Å². The van der Waals surface area contributed by atoms with E-state index < -0.39 is 0 Å². The van der Waals surface area contributed by atoms with Gasteiger partial charge in [0.25, 0.3) is 0 Å². The lowest BCUT2D eigenvalue weighted by Gasteiger charge is -2.39. The zero-order chi connectivity index (χ0) is 10.7. The van der Waals surface area contributed by atoms with E-state index in [1.807, 2.05) is 0 Å². The molecular weight excluding hydrogens is 186 g/mol. The molecule has 0 bridgehead atoms. The van der Waals surface area contributed by atoms with Gasteiger partial charge in [-0.25, -0.2) is 0 Å². The Balaban J connectivity index is 1.86. The molecule has 2 fully saturated rings. The van der Waals surface area contributed by atoms with Crippen LogP contribution in [0.1, 0.15) is 20.3 Å². The van der Waals surface area contributed by atoms with Crippen LogP contribution in [-0.4, -0.2) is 50.2 Å². The third-order valence-electron chi connectivity index (χ3n) is 3.82. The summed E-state index contributed by atoms with van der Waals surface area (Å²) in [5.74, 6) is 1.66. The van der Waals surface area contributed by atoms with E-state index in [1.54, 1.807) is 0 Å². The Morgan fingerprint density at radius 3 is 2.67 bits per heavy atom. The van der Waals surface area contributed by atoms with Crippen molar-refractivity contribution in [1.82, 2.24) is 15.5 Å². The second-order valence-electron chi connectivity index (χ2n) is 5.37. The van der Waals surface area contributed by atoms with Crippen LogP contribution in [0.4, 0.5) is 0 Å². The van der Waals surface area contributed by atoms with E-state index >= 15 is 0 Å². The molecule has 0 aromatic carbocycles. The minimum Gasteiger partial charge on any atom is -0.316 e. The van der Waals surface area contributed by atoms with Gasteiger partial charge in [-0.3, -0.25) is 4.90 Å². The molecule has 2 heterocycles. The fraction of sp³-hybridized carbons (Fsp3) is 1.00. The van der Waals surface area contributed by atoms with Crippen LogP contribution < -0.4 is 10.6 Å². The van der Waals surface area contributed by atoms with Gasteiger partial charge in [0.2, 0.25) is 0 Å². The van der Waals surface area contributed by atoms with Crippen molar-refractivity contribution >= 4 is 0 Å². The summed E-state index contributed by atoms with van der Waals surface area (Å²) >= 11 is 0. The number of hydrogen-bond donors (Lipinski definition) is 2. The van der Waals surface area contributed by atoms with Gasteiger partial charge < -0.3 is 10.6 Å². The average Bonchev–Trinajstić information content (AvgIpc) is 2.71. The largest absolute Gasteiger partial charge is 0.316 e. The standard InChI is InChI=1S/C12H25N3/c1-10(2)12-8-14-5-6-15(12)9-11-3-4-13-7-11/h10-14H,3-9H2,1-2H3.